The van der Waals surface area contributed by atoms with Crippen LogP contribution in [-0.2, 0) is 9.53 Å². The molecule has 116 valence electrons. The smallest absolute Gasteiger partial charge is 0.341 e. The number of carbonyl (C=O) groups is 1. The normalized spacial score (nSPS) is 31.1. The molecule has 0 spiro atoms. The van der Waals surface area contributed by atoms with E-state index in [-0.39, 0.29) is 5.92 Å². The lowest BCUT2D eigenvalue weighted by Gasteiger charge is -2.33. The fraction of sp³-hybridized carbons (Fsp3) is 0.933. The van der Waals surface area contributed by atoms with Crippen molar-refractivity contribution in [2.24, 2.45) is 11.8 Å². The summed E-state index contributed by atoms with van der Waals surface area (Å²) in [6.07, 6.45) is 2.31. The van der Waals surface area contributed by atoms with Gasteiger partial charge in [-0.1, -0.05) is 13.8 Å². The number of aliphatic hydroxyl groups is 2. The van der Waals surface area contributed by atoms with Crippen molar-refractivity contribution in [3.8, 4) is 0 Å². The van der Waals surface area contributed by atoms with Crippen molar-refractivity contribution >= 4 is 5.97 Å². The van der Waals surface area contributed by atoms with Gasteiger partial charge >= 0.3 is 5.97 Å². The van der Waals surface area contributed by atoms with E-state index in [2.05, 4.69) is 4.90 Å². The fourth-order valence-electron chi connectivity index (χ4n) is 3.57. The Kier molecular flexibility index (Phi) is 4.72. The topological polar surface area (TPSA) is 70.0 Å². The summed E-state index contributed by atoms with van der Waals surface area (Å²) in [5.74, 6) is -0.715. The van der Waals surface area contributed by atoms with Crippen LogP contribution in [0.1, 0.15) is 40.0 Å². The summed E-state index contributed by atoms with van der Waals surface area (Å²) in [4.78, 5) is 14.6. The number of hydrogen-bond acceptors (Lipinski definition) is 5. The molecule has 0 aromatic rings. The van der Waals surface area contributed by atoms with Gasteiger partial charge in [-0.25, -0.2) is 4.79 Å². The average Bonchev–Trinajstić information content (AvgIpc) is 2.97. The molecule has 5 nitrogen and oxygen atoms in total. The highest BCUT2D eigenvalue weighted by Gasteiger charge is 2.46. The molecule has 0 radical (unpaired) electrons. The highest BCUT2D eigenvalue weighted by molar-refractivity contribution is 5.80. The van der Waals surface area contributed by atoms with Crippen molar-refractivity contribution < 1.29 is 19.7 Å². The molecule has 2 N–H and O–H groups in total. The quantitative estimate of drug-likeness (QED) is 0.731. The molecule has 2 fully saturated rings. The van der Waals surface area contributed by atoms with Crippen molar-refractivity contribution in [3.05, 3.63) is 0 Å². The van der Waals surface area contributed by atoms with E-state index >= 15 is 0 Å². The Balaban J connectivity index is 1.91. The van der Waals surface area contributed by atoms with Gasteiger partial charge in [0.05, 0.1) is 12.7 Å². The average molecular weight is 285 g/mol. The van der Waals surface area contributed by atoms with Gasteiger partial charge in [0.2, 0.25) is 0 Å². The SMILES string of the molecule is CC(C)[C@@](O)(C(=O)OCC1CCN2CCCC12)[C@H](C)O. The highest BCUT2D eigenvalue weighted by atomic mass is 16.6. The van der Waals surface area contributed by atoms with Crippen molar-refractivity contribution in [2.45, 2.75) is 57.8 Å². The summed E-state index contributed by atoms with van der Waals surface area (Å²) < 4.78 is 5.35. The molecule has 0 aliphatic carbocycles. The first-order valence-electron chi connectivity index (χ1n) is 7.69. The van der Waals surface area contributed by atoms with Crippen LogP contribution >= 0.6 is 0 Å². The van der Waals surface area contributed by atoms with Crippen LogP contribution in [0.15, 0.2) is 0 Å². The highest BCUT2D eigenvalue weighted by Crippen LogP contribution is 2.33. The molecule has 5 heteroatoms. The van der Waals surface area contributed by atoms with Gasteiger partial charge in [-0.2, -0.15) is 0 Å². The number of aliphatic hydroxyl groups excluding tert-OH is 1. The van der Waals surface area contributed by atoms with E-state index in [0.29, 0.717) is 18.6 Å². The van der Waals surface area contributed by atoms with Gasteiger partial charge in [0.1, 0.15) is 0 Å². The molecule has 0 aromatic carbocycles. The van der Waals surface area contributed by atoms with Crippen LogP contribution in [0.3, 0.4) is 0 Å². The van der Waals surface area contributed by atoms with Crippen LogP contribution in [0, 0.1) is 11.8 Å². The molecule has 2 heterocycles. The van der Waals surface area contributed by atoms with E-state index in [1.165, 1.54) is 19.8 Å². The molecule has 2 unspecified atom stereocenters. The lowest BCUT2D eigenvalue weighted by atomic mass is 9.85. The van der Waals surface area contributed by atoms with Crippen LogP contribution in [0.2, 0.25) is 0 Å². The third-order valence-corrected chi connectivity index (χ3v) is 5.02. The van der Waals surface area contributed by atoms with Gasteiger partial charge in [-0.05, 0) is 45.2 Å². The Labute approximate surface area is 120 Å². The first-order valence-corrected chi connectivity index (χ1v) is 7.69. The summed E-state index contributed by atoms with van der Waals surface area (Å²) in [6.45, 7) is 7.43. The molecule has 4 atom stereocenters. The van der Waals surface area contributed by atoms with Gasteiger partial charge in [-0.15, -0.1) is 0 Å². The van der Waals surface area contributed by atoms with Gasteiger partial charge in [0.25, 0.3) is 0 Å². The fourth-order valence-corrected chi connectivity index (χ4v) is 3.57. The zero-order chi connectivity index (χ0) is 14.9. The zero-order valence-corrected chi connectivity index (χ0v) is 12.7. The minimum atomic E-state index is -1.81. The summed E-state index contributed by atoms with van der Waals surface area (Å²) >= 11 is 0. The van der Waals surface area contributed by atoms with E-state index in [4.69, 9.17) is 4.74 Å². The number of fused-ring (bicyclic) bond motifs is 1. The lowest BCUT2D eigenvalue weighted by molar-refractivity contribution is -0.186. The molecule has 0 aromatic heterocycles. The van der Waals surface area contributed by atoms with E-state index < -0.39 is 17.7 Å². The summed E-state index contributed by atoms with van der Waals surface area (Å²) in [6, 6.07) is 0.529. The predicted octanol–water partition coefficient (Wildman–Crippen LogP) is 0.782. The predicted molar refractivity (Wildman–Crippen MR) is 75.1 cm³/mol. The second-order valence-electron chi connectivity index (χ2n) is 6.55. The number of esters is 1. The third-order valence-electron chi connectivity index (χ3n) is 5.02. The maximum atomic E-state index is 12.2. The second-order valence-corrected chi connectivity index (χ2v) is 6.55. The Bertz CT molecular complexity index is 348. The van der Waals surface area contributed by atoms with Crippen molar-refractivity contribution in [1.29, 1.82) is 0 Å². The van der Waals surface area contributed by atoms with Gasteiger partial charge in [0, 0.05) is 12.0 Å². The standard InChI is InChI=1S/C15H27NO4/c1-10(2)15(19,11(3)17)14(18)20-9-12-6-8-16-7-4-5-13(12)16/h10-13,17,19H,4-9H2,1-3H3/t11-,12?,13?,15-/m0/s1. The zero-order valence-electron chi connectivity index (χ0n) is 12.7. The molecule has 2 rings (SSSR count). The molecule has 20 heavy (non-hydrogen) atoms. The summed E-state index contributed by atoms with van der Waals surface area (Å²) in [5, 5.41) is 20.1. The van der Waals surface area contributed by atoms with Crippen LogP contribution < -0.4 is 0 Å². The van der Waals surface area contributed by atoms with Crippen molar-refractivity contribution in [3.63, 3.8) is 0 Å². The second kappa shape index (κ2) is 6.00. The molecular weight excluding hydrogens is 258 g/mol. The van der Waals surface area contributed by atoms with Crippen molar-refractivity contribution in [2.75, 3.05) is 19.7 Å². The molecule has 0 bridgehead atoms. The largest absolute Gasteiger partial charge is 0.463 e. The number of ether oxygens (including phenoxy) is 1. The number of hydrogen-bond donors (Lipinski definition) is 2. The molecule has 0 amide bonds. The van der Waals surface area contributed by atoms with Crippen LogP contribution in [0.4, 0.5) is 0 Å². The number of rotatable bonds is 5. The third kappa shape index (κ3) is 2.71. The van der Waals surface area contributed by atoms with Crippen molar-refractivity contribution in [1.82, 2.24) is 4.90 Å². The summed E-state index contributed by atoms with van der Waals surface area (Å²) in [7, 11) is 0. The van der Waals surface area contributed by atoms with Gasteiger partial charge in [-0.3, -0.25) is 4.90 Å². The van der Waals surface area contributed by atoms with E-state index in [1.807, 2.05) is 0 Å². The number of nitrogens with zero attached hydrogens (tertiary/aromatic N) is 1. The Morgan fingerprint density at radius 3 is 2.65 bits per heavy atom. The Hall–Kier alpha value is -0.650. The minimum absolute atomic E-state index is 0.349. The van der Waals surface area contributed by atoms with E-state index in [0.717, 1.165) is 19.5 Å². The van der Waals surface area contributed by atoms with Crippen LogP contribution in [-0.4, -0.2) is 58.5 Å². The first-order chi connectivity index (χ1) is 9.37. The molecular formula is C15H27NO4. The van der Waals surface area contributed by atoms with Gasteiger partial charge < -0.3 is 14.9 Å². The minimum Gasteiger partial charge on any atom is -0.463 e. The molecule has 2 saturated heterocycles. The Morgan fingerprint density at radius 2 is 2.05 bits per heavy atom. The maximum Gasteiger partial charge on any atom is 0.341 e. The number of carbonyl (C=O) groups excluding carboxylic acids is 1. The maximum absolute atomic E-state index is 12.2. The first kappa shape index (κ1) is 15.7. The molecule has 0 saturated carbocycles. The van der Waals surface area contributed by atoms with E-state index in [9.17, 15) is 15.0 Å². The van der Waals surface area contributed by atoms with Gasteiger partial charge in [0.15, 0.2) is 5.60 Å². The lowest BCUT2D eigenvalue weighted by Crippen LogP contribution is -2.53. The summed E-state index contributed by atoms with van der Waals surface area (Å²) in [5.41, 5.74) is -1.81. The van der Waals surface area contributed by atoms with Crippen LogP contribution in [0.25, 0.3) is 0 Å². The molecule has 2 aliphatic rings. The van der Waals surface area contributed by atoms with Crippen LogP contribution in [0.5, 0.6) is 0 Å². The van der Waals surface area contributed by atoms with E-state index in [1.54, 1.807) is 13.8 Å². The molecule has 2 aliphatic heterocycles. The Morgan fingerprint density at radius 1 is 1.35 bits per heavy atom. The monoisotopic (exact) mass is 285 g/mol.